The molecule has 0 aliphatic heterocycles. The Morgan fingerprint density at radius 1 is 1.15 bits per heavy atom. The van der Waals surface area contributed by atoms with Crippen molar-refractivity contribution in [3.8, 4) is 0 Å². The van der Waals surface area contributed by atoms with Gasteiger partial charge in [0, 0.05) is 23.6 Å². The zero-order valence-corrected chi connectivity index (χ0v) is 16.9. The first-order valence-corrected chi connectivity index (χ1v) is 8.83. The Hall–Kier alpha value is -2.83. The second-order valence-corrected chi connectivity index (χ2v) is 6.56. The van der Waals surface area contributed by atoms with Gasteiger partial charge in [0.1, 0.15) is 0 Å². The summed E-state index contributed by atoms with van der Waals surface area (Å²) in [5, 5.41) is 0. The molecule has 27 heavy (non-hydrogen) atoms. The largest absolute Gasteiger partial charge is 0.465 e. The van der Waals surface area contributed by atoms with E-state index in [1.165, 1.54) is 14.0 Å². The van der Waals surface area contributed by atoms with Gasteiger partial charge in [0.05, 0.1) is 23.9 Å². The number of nitrogens with one attached hydrogen (secondary N) is 1. The molecule has 0 aromatic carbocycles. The van der Waals surface area contributed by atoms with Crippen LogP contribution in [0.3, 0.4) is 0 Å². The predicted molar refractivity (Wildman–Crippen MR) is 100 cm³/mol. The third-order valence-corrected chi connectivity index (χ3v) is 4.84. The third kappa shape index (κ3) is 3.67. The maximum Gasteiger partial charge on any atom is 0.340 e. The monoisotopic (exact) mass is 374 g/mol. The van der Waals surface area contributed by atoms with Gasteiger partial charge in [0.2, 0.25) is 5.78 Å². The molecule has 0 saturated heterocycles. The second-order valence-electron chi connectivity index (χ2n) is 6.56. The van der Waals surface area contributed by atoms with E-state index in [9.17, 15) is 14.4 Å². The van der Waals surface area contributed by atoms with E-state index in [0.717, 1.165) is 17.9 Å². The summed E-state index contributed by atoms with van der Waals surface area (Å²) in [4.78, 5) is 40.1. The standard InChI is InChI=1S/C20H26N2O5/c1-8-22-10(2)9-15(13(22)5)19(24)27-14(6)18(23)17-11(3)16(12(4)21-17)20(25)26-7/h9,14,21H,8H2,1-7H3/t14-/m0/s1. The van der Waals surface area contributed by atoms with Crippen LogP contribution in [-0.4, -0.2) is 40.5 Å². The Kier molecular flexibility index (Phi) is 5.93. The zero-order valence-electron chi connectivity index (χ0n) is 16.9. The van der Waals surface area contributed by atoms with Crippen molar-refractivity contribution in [1.82, 2.24) is 9.55 Å². The SMILES string of the molecule is CCn1c(C)cc(C(=O)O[C@@H](C)C(=O)c2[nH]c(C)c(C(=O)OC)c2C)c1C. The van der Waals surface area contributed by atoms with E-state index < -0.39 is 23.8 Å². The Morgan fingerprint density at radius 2 is 1.78 bits per heavy atom. The Labute approximate surface area is 158 Å². The van der Waals surface area contributed by atoms with Crippen LogP contribution in [0, 0.1) is 27.7 Å². The van der Waals surface area contributed by atoms with Crippen molar-refractivity contribution in [2.45, 2.75) is 54.2 Å². The molecule has 0 spiro atoms. The first-order valence-electron chi connectivity index (χ1n) is 8.83. The number of aromatic nitrogens is 2. The van der Waals surface area contributed by atoms with E-state index in [2.05, 4.69) is 4.98 Å². The molecule has 0 saturated carbocycles. The first kappa shape index (κ1) is 20.5. The van der Waals surface area contributed by atoms with Gasteiger partial charge in [-0.2, -0.15) is 0 Å². The fourth-order valence-corrected chi connectivity index (χ4v) is 3.38. The van der Waals surface area contributed by atoms with E-state index in [-0.39, 0.29) is 5.69 Å². The normalized spacial score (nSPS) is 12.0. The van der Waals surface area contributed by atoms with Crippen LogP contribution in [0.2, 0.25) is 0 Å². The Balaban J connectivity index is 2.24. The summed E-state index contributed by atoms with van der Waals surface area (Å²) >= 11 is 0. The summed E-state index contributed by atoms with van der Waals surface area (Å²) < 4.78 is 12.2. The van der Waals surface area contributed by atoms with E-state index in [1.807, 2.05) is 25.3 Å². The Bertz CT molecular complexity index is 904. The lowest BCUT2D eigenvalue weighted by molar-refractivity contribution is 0.0316. The van der Waals surface area contributed by atoms with Crippen molar-refractivity contribution in [2.24, 2.45) is 0 Å². The molecule has 0 bridgehead atoms. The van der Waals surface area contributed by atoms with Crippen LogP contribution in [0.15, 0.2) is 6.07 Å². The molecule has 0 unspecified atom stereocenters. The number of ketones is 1. The average molecular weight is 374 g/mol. The summed E-state index contributed by atoms with van der Waals surface area (Å²) in [7, 11) is 1.28. The molecule has 2 aromatic rings. The number of nitrogens with zero attached hydrogens (tertiary/aromatic N) is 1. The molecule has 0 fully saturated rings. The minimum atomic E-state index is -0.996. The maximum absolute atomic E-state index is 12.8. The summed E-state index contributed by atoms with van der Waals surface area (Å²) in [6.07, 6.45) is -0.996. The molecule has 0 amide bonds. The fourth-order valence-electron chi connectivity index (χ4n) is 3.38. The van der Waals surface area contributed by atoms with E-state index in [4.69, 9.17) is 9.47 Å². The highest BCUT2D eigenvalue weighted by Gasteiger charge is 2.28. The summed E-state index contributed by atoms with van der Waals surface area (Å²) in [6, 6.07) is 1.76. The van der Waals surface area contributed by atoms with E-state index in [0.29, 0.717) is 22.4 Å². The van der Waals surface area contributed by atoms with Gasteiger partial charge in [-0.05, 0) is 53.2 Å². The number of aryl methyl sites for hydroxylation is 2. The molecule has 1 N–H and O–H groups in total. The molecule has 0 aliphatic rings. The van der Waals surface area contributed by atoms with Crippen molar-refractivity contribution in [2.75, 3.05) is 7.11 Å². The number of H-pyrrole nitrogens is 1. The van der Waals surface area contributed by atoms with Gasteiger partial charge >= 0.3 is 11.9 Å². The maximum atomic E-state index is 12.8. The van der Waals surface area contributed by atoms with Crippen LogP contribution in [0.1, 0.15) is 67.7 Å². The van der Waals surface area contributed by atoms with Crippen LogP contribution >= 0.6 is 0 Å². The van der Waals surface area contributed by atoms with E-state index >= 15 is 0 Å². The number of carbonyl (C=O) groups excluding carboxylic acids is 3. The van der Waals surface area contributed by atoms with Gasteiger partial charge in [0.15, 0.2) is 6.10 Å². The zero-order chi connectivity index (χ0) is 20.5. The number of ether oxygens (including phenoxy) is 2. The average Bonchev–Trinajstić information content (AvgIpc) is 3.08. The van der Waals surface area contributed by atoms with Crippen molar-refractivity contribution >= 4 is 17.7 Å². The highest BCUT2D eigenvalue weighted by Crippen LogP contribution is 2.22. The minimum absolute atomic E-state index is 0.243. The highest BCUT2D eigenvalue weighted by molar-refractivity contribution is 6.04. The predicted octanol–water partition coefficient (Wildman–Crippen LogP) is 3.28. The molecule has 0 aliphatic carbocycles. The number of rotatable bonds is 6. The van der Waals surface area contributed by atoms with Gasteiger partial charge in [-0.25, -0.2) is 9.59 Å². The van der Waals surface area contributed by atoms with Crippen LogP contribution < -0.4 is 0 Å². The summed E-state index contributed by atoms with van der Waals surface area (Å²) in [6.45, 7) is 11.4. The smallest absolute Gasteiger partial charge is 0.340 e. The van der Waals surface area contributed by atoms with Gasteiger partial charge in [-0.15, -0.1) is 0 Å². The number of hydrogen-bond acceptors (Lipinski definition) is 5. The molecular formula is C20H26N2O5. The van der Waals surface area contributed by atoms with Crippen molar-refractivity contribution in [3.05, 3.63) is 45.5 Å². The van der Waals surface area contributed by atoms with Crippen LogP contribution in [0.5, 0.6) is 0 Å². The number of esters is 2. The van der Waals surface area contributed by atoms with Crippen LogP contribution in [0.25, 0.3) is 0 Å². The molecule has 2 heterocycles. The molecule has 7 nitrogen and oxygen atoms in total. The minimum Gasteiger partial charge on any atom is -0.465 e. The lowest BCUT2D eigenvalue weighted by Gasteiger charge is -2.12. The number of methoxy groups -OCH3 is 1. The molecule has 2 aromatic heterocycles. The summed E-state index contributed by atoms with van der Waals surface area (Å²) in [5.41, 5.74) is 3.80. The van der Waals surface area contributed by atoms with Gasteiger partial charge < -0.3 is 19.0 Å². The molecule has 7 heteroatoms. The summed E-state index contributed by atoms with van der Waals surface area (Å²) in [5.74, 6) is -1.46. The molecule has 0 radical (unpaired) electrons. The second kappa shape index (κ2) is 7.82. The van der Waals surface area contributed by atoms with E-state index in [1.54, 1.807) is 19.9 Å². The van der Waals surface area contributed by atoms with Crippen molar-refractivity contribution in [3.63, 3.8) is 0 Å². The van der Waals surface area contributed by atoms with Gasteiger partial charge in [-0.1, -0.05) is 0 Å². The number of Topliss-reactive ketones (excluding diaryl/α,β-unsaturated/α-hetero) is 1. The molecular weight excluding hydrogens is 348 g/mol. The number of carbonyl (C=O) groups is 3. The molecule has 1 atom stereocenters. The van der Waals surface area contributed by atoms with Crippen LogP contribution in [0.4, 0.5) is 0 Å². The number of aromatic amines is 1. The van der Waals surface area contributed by atoms with Gasteiger partial charge in [-0.3, -0.25) is 4.79 Å². The molecule has 146 valence electrons. The molecule has 2 rings (SSSR count). The quantitative estimate of drug-likeness (QED) is 0.619. The van der Waals surface area contributed by atoms with Crippen LogP contribution in [-0.2, 0) is 16.0 Å². The fraction of sp³-hybridized carbons (Fsp3) is 0.450. The van der Waals surface area contributed by atoms with Crippen molar-refractivity contribution in [1.29, 1.82) is 0 Å². The lowest BCUT2D eigenvalue weighted by atomic mass is 10.1. The van der Waals surface area contributed by atoms with Gasteiger partial charge in [0.25, 0.3) is 0 Å². The van der Waals surface area contributed by atoms with Crippen molar-refractivity contribution < 1.29 is 23.9 Å². The lowest BCUT2D eigenvalue weighted by Crippen LogP contribution is -2.25. The number of hydrogen-bond donors (Lipinski definition) is 1. The topological polar surface area (TPSA) is 90.4 Å². The highest BCUT2D eigenvalue weighted by atomic mass is 16.5. The first-order chi connectivity index (χ1) is 12.6. The Morgan fingerprint density at radius 3 is 2.30 bits per heavy atom. The third-order valence-electron chi connectivity index (χ3n) is 4.84.